The van der Waals surface area contributed by atoms with Gasteiger partial charge in [0.15, 0.2) is 12.5 Å². The number of phosphoric acid groups is 2. The number of nitrogens with one attached hydrogen (secondary N) is 3. The van der Waals surface area contributed by atoms with E-state index >= 15 is 0 Å². The van der Waals surface area contributed by atoms with Gasteiger partial charge in [-0.3, -0.25) is 28.2 Å². The van der Waals surface area contributed by atoms with Crippen LogP contribution >= 0.6 is 15.6 Å². The molecular weight excluding hydrogens is 626 g/mol. The van der Waals surface area contributed by atoms with E-state index in [0.717, 1.165) is 16.8 Å². The summed E-state index contributed by atoms with van der Waals surface area (Å²) >= 11 is 0. The summed E-state index contributed by atoms with van der Waals surface area (Å²) in [5, 5.41) is 45.6. The number of nitrogens with zero attached hydrogens (tertiary/aromatic N) is 1. The summed E-state index contributed by atoms with van der Waals surface area (Å²) in [4.78, 5) is 57.8. The molecule has 1 aromatic heterocycles. The van der Waals surface area contributed by atoms with Gasteiger partial charge in [-0.25, -0.2) is 13.9 Å². The Balaban J connectivity index is 1.61. The van der Waals surface area contributed by atoms with Crippen molar-refractivity contribution in [3.63, 3.8) is 0 Å². The Morgan fingerprint density at radius 2 is 1.84 bits per heavy atom. The SMILES string of the molecule is CNCCCCC(=O)NC1C[C@@H](O)C(CO)O[C@H]1OP(=O)(O)OP(=O)(O)OCC1OC(n2ccc(=O)[nH]c2=O)C(O)C1O. The molecule has 0 saturated carbocycles. The number of aliphatic hydroxyl groups is 4. The van der Waals surface area contributed by atoms with E-state index in [4.69, 9.17) is 14.0 Å². The Bertz CT molecular complexity index is 1290. The third-order valence-corrected chi connectivity index (χ3v) is 9.08. The van der Waals surface area contributed by atoms with Gasteiger partial charge >= 0.3 is 21.3 Å². The van der Waals surface area contributed by atoms with E-state index in [1.54, 1.807) is 7.05 Å². The Hall–Kier alpha value is -1.87. The number of ether oxygens (including phenoxy) is 2. The molecule has 3 heterocycles. The first-order chi connectivity index (χ1) is 20.2. The van der Waals surface area contributed by atoms with Crippen LogP contribution in [0.4, 0.5) is 0 Å². The summed E-state index contributed by atoms with van der Waals surface area (Å²) in [6, 6.07) is -0.280. The molecule has 22 heteroatoms. The third-order valence-electron chi connectivity index (χ3n) is 6.48. The summed E-state index contributed by atoms with van der Waals surface area (Å²) in [6.07, 6.45) is -9.06. The molecule has 1 amide bonds. The van der Waals surface area contributed by atoms with Gasteiger partial charge in [0.05, 0.1) is 25.4 Å². The minimum atomic E-state index is -5.53. The second kappa shape index (κ2) is 15.4. The Morgan fingerprint density at radius 3 is 2.49 bits per heavy atom. The largest absolute Gasteiger partial charge is 0.483 e. The first-order valence-corrected chi connectivity index (χ1v) is 16.1. The highest BCUT2D eigenvalue weighted by atomic mass is 31.3. The average Bonchev–Trinajstić information content (AvgIpc) is 3.19. The van der Waals surface area contributed by atoms with Crippen LogP contribution in [0.15, 0.2) is 21.9 Å². The number of aromatic amines is 1. The van der Waals surface area contributed by atoms with Crippen molar-refractivity contribution in [3.05, 3.63) is 33.1 Å². The van der Waals surface area contributed by atoms with Crippen LogP contribution in [0, 0.1) is 0 Å². The van der Waals surface area contributed by atoms with Crippen molar-refractivity contribution in [2.75, 3.05) is 26.8 Å². The molecule has 10 atom stereocenters. The Labute approximate surface area is 243 Å². The fraction of sp³-hybridized carbons (Fsp3) is 0.762. The molecule has 3 rings (SSSR count). The van der Waals surface area contributed by atoms with Crippen molar-refractivity contribution < 1.29 is 67.0 Å². The zero-order valence-electron chi connectivity index (χ0n) is 22.8. The van der Waals surface area contributed by atoms with Crippen molar-refractivity contribution >= 4 is 21.6 Å². The van der Waals surface area contributed by atoms with Gasteiger partial charge in [0.25, 0.3) is 5.56 Å². The minimum absolute atomic E-state index is 0.0683. The number of amides is 1. The maximum Gasteiger partial charge on any atom is 0.483 e. The van der Waals surface area contributed by atoms with Gasteiger partial charge in [-0.05, 0) is 26.4 Å². The quantitative estimate of drug-likeness (QED) is 0.0658. The highest BCUT2D eigenvalue weighted by Crippen LogP contribution is 2.61. The smallest absolute Gasteiger partial charge is 0.394 e. The first kappa shape index (κ1) is 35.6. The molecule has 0 aromatic carbocycles. The highest BCUT2D eigenvalue weighted by molar-refractivity contribution is 7.61. The molecule has 2 saturated heterocycles. The number of aromatic nitrogens is 2. The van der Waals surface area contributed by atoms with Crippen LogP contribution in [0.5, 0.6) is 0 Å². The summed E-state index contributed by atoms with van der Waals surface area (Å²) in [7, 11) is -9.25. The summed E-state index contributed by atoms with van der Waals surface area (Å²) < 4.78 is 50.3. The monoisotopic (exact) mass is 662 g/mol. The number of rotatable bonds is 15. The molecule has 0 radical (unpaired) electrons. The number of hydrogen-bond acceptors (Lipinski definition) is 15. The van der Waals surface area contributed by atoms with E-state index in [-0.39, 0.29) is 12.8 Å². The van der Waals surface area contributed by atoms with Gasteiger partial charge in [0.1, 0.15) is 24.4 Å². The summed E-state index contributed by atoms with van der Waals surface area (Å²) in [6.45, 7) is -1.06. The lowest BCUT2D eigenvalue weighted by molar-refractivity contribution is -0.214. The first-order valence-electron chi connectivity index (χ1n) is 13.1. The molecule has 1 aromatic rings. The molecule has 0 aliphatic carbocycles. The van der Waals surface area contributed by atoms with Crippen LogP contribution < -0.4 is 21.9 Å². The van der Waals surface area contributed by atoms with Crippen LogP contribution in [0.25, 0.3) is 0 Å². The van der Waals surface area contributed by atoms with Crippen LogP contribution in [0.2, 0.25) is 0 Å². The van der Waals surface area contributed by atoms with Crippen molar-refractivity contribution in [1.29, 1.82) is 0 Å². The third kappa shape index (κ3) is 10.1. The number of unbranched alkanes of at least 4 members (excludes halogenated alkanes) is 1. The van der Waals surface area contributed by atoms with Gasteiger partial charge in [0.2, 0.25) is 5.91 Å². The Kier molecular flexibility index (Phi) is 12.8. The predicted molar refractivity (Wildman–Crippen MR) is 141 cm³/mol. The van der Waals surface area contributed by atoms with Gasteiger partial charge in [0, 0.05) is 25.1 Å². The van der Waals surface area contributed by atoms with Crippen molar-refractivity contribution in [2.45, 2.75) is 74.8 Å². The van der Waals surface area contributed by atoms with Crippen LogP contribution in [-0.2, 0) is 36.8 Å². The van der Waals surface area contributed by atoms with Crippen LogP contribution in [0.1, 0.15) is 31.9 Å². The van der Waals surface area contributed by atoms with E-state index in [2.05, 4.69) is 19.5 Å². The summed E-state index contributed by atoms with van der Waals surface area (Å²) in [5.41, 5.74) is -1.72. The maximum atomic E-state index is 12.7. The molecule has 20 nitrogen and oxygen atoms in total. The van der Waals surface area contributed by atoms with Crippen molar-refractivity contribution in [1.82, 2.24) is 20.2 Å². The number of hydrogen-bond donors (Lipinski definition) is 9. The molecule has 0 spiro atoms. The van der Waals surface area contributed by atoms with E-state index in [0.29, 0.717) is 19.4 Å². The molecule has 246 valence electrons. The van der Waals surface area contributed by atoms with Gasteiger partial charge < -0.3 is 50.3 Å². The van der Waals surface area contributed by atoms with Gasteiger partial charge in [-0.15, -0.1) is 0 Å². The van der Waals surface area contributed by atoms with Crippen LogP contribution in [0.3, 0.4) is 0 Å². The lowest BCUT2D eigenvalue weighted by Gasteiger charge is -2.39. The molecule has 2 fully saturated rings. The number of H-pyrrole nitrogens is 1. The fourth-order valence-electron chi connectivity index (χ4n) is 4.33. The topological polar surface area (TPSA) is 298 Å². The van der Waals surface area contributed by atoms with Crippen molar-refractivity contribution in [3.8, 4) is 0 Å². The predicted octanol–water partition coefficient (Wildman–Crippen LogP) is -3.25. The van der Waals surface area contributed by atoms with Gasteiger partial charge in [-0.2, -0.15) is 4.31 Å². The number of phosphoric ester groups is 2. The zero-order valence-corrected chi connectivity index (χ0v) is 24.6. The van der Waals surface area contributed by atoms with E-state index < -0.39 is 95.1 Å². The van der Waals surface area contributed by atoms with E-state index in [9.17, 15) is 53.7 Å². The fourth-order valence-corrected chi connectivity index (χ4v) is 6.51. The second-order valence-electron chi connectivity index (χ2n) is 9.75. The van der Waals surface area contributed by atoms with E-state index in [1.165, 1.54) is 0 Å². The molecular formula is C21H36N4O16P2. The lowest BCUT2D eigenvalue weighted by atomic mass is 10.0. The minimum Gasteiger partial charge on any atom is -0.394 e. The maximum absolute atomic E-state index is 12.7. The average molecular weight is 662 g/mol. The standard InChI is InChI=1S/C21H36N4O16P2/c1-22-6-3-2-4-15(28)23-11-8-12(27)13(9-26)39-20(11)40-43(35,36)41-42(33,34)37-10-14-17(30)18(31)19(38-14)25-7-5-16(29)24-21(25)32/h5,7,11-14,17-20,22,26-27,30-31H,2-4,6,8-10H2,1H3,(H,23,28)(H,33,34)(H,35,36)(H,24,29,32)/t11?,12-,13?,14?,17?,18?,19?,20+/m1/s1. The number of carbonyl (C=O) groups excluding carboxylic acids is 1. The second-order valence-corrected chi connectivity index (χ2v) is 12.7. The molecule has 2 aliphatic rings. The van der Waals surface area contributed by atoms with Gasteiger partial charge in [-0.1, -0.05) is 0 Å². The molecule has 8 unspecified atom stereocenters. The van der Waals surface area contributed by atoms with E-state index in [1.807, 2.05) is 4.98 Å². The highest BCUT2D eigenvalue weighted by Gasteiger charge is 2.47. The van der Waals surface area contributed by atoms with Crippen LogP contribution in [-0.4, -0.2) is 115 Å². The van der Waals surface area contributed by atoms with Crippen molar-refractivity contribution in [2.24, 2.45) is 0 Å². The zero-order chi connectivity index (χ0) is 31.9. The normalized spacial score (nSPS) is 32.2. The summed E-state index contributed by atoms with van der Waals surface area (Å²) in [5.74, 6) is -0.502. The Morgan fingerprint density at radius 1 is 1.12 bits per heavy atom. The lowest BCUT2D eigenvalue weighted by Crippen LogP contribution is -2.56. The molecule has 43 heavy (non-hydrogen) atoms. The number of carbonyl (C=O) groups is 1. The number of aliphatic hydroxyl groups excluding tert-OH is 4. The molecule has 9 N–H and O–H groups in total. The molecule has 2 aliphatic heterocycles. The molecule has 0 bridgehead atoms.